The lowest BCUT2D eigenvalue weighted by Crippen LogP contribution is -2.33. The number of benzene rings is 1. The highest BCUT2D eigenvalue weighted by molar-refractivity contribution is 14.0. The van der Waals surface area contributed by atoms with E-state index in [1.165, 1.54) is 5.56 Å². The Morgan fingerprint density at radius 2 is 1.78 bits per heavy atom. The second-order valence-electron chi connectivity index (χ2n) is 6.05. The van der Waals surface area contributed by atoms with Crippen molar-refractivity contribution >= 4 is 35.6 Å². The topological polar surface area (TPSA) is 53.6 Å². The summed E-state index contributed by atoms with van der Waals surface area (Å²) in [7, 11) is 0. The molecule has 1 aromatic carbocycles. The van der Waals surface area contributed by atoms with Gasteiger partial charge in [-0.3, -0.25) is 9.89 Å². The molecule has 4 nitrogen and oxygen atoms in total. The van der Waals surface area contributed by atoms with Crippen LogP contribution in [0.2, 0.25) is 0 Å². The van der Waals surface area contributed by atoms with E-state index in [4.69, 9.17) is 5.73 Å². The number of anilines is 1. The summed E-state index contributed by atoms with van der Waals surface area (Å²) < 4.78 is 0. The average molecular weight is 432 g/mol. The minimum absolute atomic E-state index is 0. The summed E-state index contributed by atoms with van der Waals surface area (Å²) in [6.45, 7) is 13.7. The Morgan fingerprint density at radius 3 is 2.26 bits per heavy atom. The van der Waals surface area contributed by atoms with E-state index in [0.29, 0.717) is 17.9 Å². The Bertz CT molecular complexity index is 457. The van der Waals surface area contributed by atoms with Crippen LogP contribution in [-0.4, -0.2) is 36.5 Å². The number of halogens is 1. The molecular weight excluding hydrogens is 399 g/mol. The molecule has 0 saturated carbocycles. The van der Waals surface area contributed by atoms with Crippen molar-refractivity contribution in [1.82, 2.24) is 4.90 Å². The summed E-state index contributed by atoms with van der Waals surface area (Å²) in [4.78, 5) is 6.78. The first-order valence-corrected chi connectivity index (χ1v) is 8.38. The van der Waals surface area contributed by atoms with Crippen molar-refractivity contribution in [3.05, 3.63) is 29.8 Å². The zero-order valence-corrected chi connectivity index (χ0v) is 17.5. The standard InChI is InChI=1S/C18H32N4.HI/c1-6-15(5)16-8-10-17(11-9-16)21-18(19)20-12-13-22(7-2)14(3)4;/h8-11,14-15H,6-7,12-13H2,1-5H3,(H3,19,20,21);1H. The van der Waals surface area contributed by atoms with Gasteiger partial charge in [0.25, 0.3) is 0 Å². The van der Waals surface area contributed by atoms with Crippen LogP contribution in [0.25, 0.3) is 0 Å². The highest BCUT2D eigenvalue weighted by Gasteiger charge is 2.06. The normalized spacial score (nSPS) is 13.1. The molecule has 0 saturated heterocycles. The molecule has 0 aliphatic heterocycles. The lowest BCUT2D eigenvalue weighted by molar-refractivity contribution is 0.241. The molecule has 0 aliphatic carbocycles. The zero-order valence-electron chi connectivity index (χ0n) is 15.2. The van der Waals surface area contributed by atoms with Gasteiger partial charge in [-0.25, -0.2) is 0 Å². The van der Waals surface area contributed by atoms with Gasteiger partial charge in [0.1, 0.15) is 0 Å². The fraction of sp³-hybridized carbons (Fsp3) is 0.611. The van der Waals surface area contributed by atoms with Crippen LogP contribution >= 0.6 is 24.0 Å². The summed E-state index contributed by atoms with van der Waals surface area (Å²) in [5.74, 6) is 1.08. The van der Waals surface area contributed by atoms with Gasteiger partial charge in [-0.2, -0.15) is 0 Å². The molecule has 0 fully saturated rings. The first-order valence-electron chi connectivity index (χ1n) is 8.38. The highest BCUT2D eigenvalue weighted by Crippen LogP contribution is 2.20. The maximum Gasteiger partial charge on any atom is 0.193 e. The number of rotatable bonds is 8. The summed E-state index contributed by atoms with van der Waals surface area (Å²) >= 11 is 0. The molecule has 0 radical (unpaired) electrons. The van der Waals surface area contributed by atoms with Crippen LogP contribution in [0.3, 0.4) is 0 Å². The van der Waals surface area contributed by atoms with Crippen LogP contribution in [-0.2, 0) is 0 Å². The Labute approximate surface area is 158 Å². The van der Waals surface area contributed by atoms with Crippen LogP contribution in [0, 0.1) is 0 Å². The van der Waals surface area contributed by atoms with E-state index >= 15 is 0 Å². The summed E-state index contributed by atoms with van der Waals surface area (Å²) in [6, 6.07) is 8.98. The number of hydrogen-bond donors (Lipinski definition) is 2. The molecular formula is C18H33IN4. The molecule has 1 aromatic rings. The first-order chi connectivity index (χ1) is 10.5. The second kappa shape index (κ2) is 11.7. The minimum atomic E-state index is 0. The summed E-state index contributed by atoms with van der Waals surface area (Å²) in [5, 5.41) is 3.16. The third-order valence-corrected chi connectivity index (χ3v) is 4.17. The van der Waals surface area contributed by atoms with Gasteiger partial charge in [0.2, 0.25) is 0 Å². The molecule has 3 N–H and O–H groups in total. The van der Waals surface area contributed by atoms with Gasteiger partial charge < -0.3 is 11.1 Å². The Hall–Kier alpha value is -0.820. The van der Waals surface area contributed by atoms with Crippen molar-refractivity contribution in [1.29, 1.82) is 0 Å². The van der Waals surface area contributed by atoms with E-state index in [1.807, 2.05) is 0 Å². The maximum absolute atomic E-state index is 5.95. The number of guanidine groups is 1. The minimum Gasteiger partial charge on any atom is -0.370 e. The molecule has 0 bridgehead atoms. The van der Waals surface area contributed by atoms with Crippen LogP contribution in [0.1, 0.15) is 52.5 Å². The lowest BCUT2D eigenvalue weighted by atomic mass is 9.99. The van der Waals surface area contributed by atoms with E-state index < -0.39 is 0 Å². The van der Waals surface area contributed by atoms with E-state index in [9.17, 15) is 0 Å². The van der Waals surface area contributed by atoms with E-state index in [1.54, 1.807) is 0 Å². The monoisotopic (exact) mass is 432 g/mol. The van der Waals surface area contributed by atoms with Crippen molar-refractivity contribution in [2.75, 3.05) is 25.0 Å². The van der Waals surface area contributed by atoms with Gasteiger partial charge >= 0.3 is 0 Å². The van der Waals surface area contributed by atoms with Crippen molar-refractivity contribution in [3.8, 4) is 0 Å². The molecule has 0 aromatic heterocycles. The van der Waals surface area contributed by atoms with E-state index in [2.05, 4.69) is 74.1 Å². The number of likely N-dealkylation sites (N-methyl/N-ethyl adjacent to an activating group) is 1. The molecule has 0 heterocycles. The molecule has 0 aliphatic rings. The quantitative estimate of drug-likeness (QED) is 0.367. The van der Waals surface area contributed by atoms with Gasteiger partial charge in [0.15, 0.2) is 5.96 Å². The van der Waals surface area contributed by atoms with Crippen LogP contribution in [0.4, 0.5) is 5.69 Å². The predicted molar refractivity (Wildman–Crippen MR) is 113 cm³/mol. The Balaban J connectivity index is 0.00000484. The van der Waals surface area contributed by atoms with Crippen molar-refractivity contribution in [2.24, 2.45) is 10.7 Å². The van der Waals surface area contributed by atoms with Gasteiger partial charge in [-0.05, 0) is 50.4 Å². The first kappa shape index (κ1) is 22.2. The molecule has 132 valence electrons. The van der Waals surface area contributed by atoms with Crippen LogP contribution in [0.5, 0.6) is 0 Å². The summed E-state index contributed by atoms with van der Waals surface area (Å²) in [5.41, 5.74) is 8.30. The van der Waals surface area contributed by atoms with Crippen molar-refractivity contribution < 1.29 is 0 Å². The largest absolute Gasteiger partial charge is 0.370 e. The number of aliphatic imine (C=N–C) groups is 1. The molecule has 1 atom stereocenters. The third-order valence-electron chi connectivity index (χ3n) is 4.17. The smallest absolute Gasteiger partial charge is 0.193 e. The van der Waals surface area contributed by atoms with Crippen molar-refractivity contribution in [2.45, 2.75) is 53.0 Å². The fourth-order valence-corrected chi connectivity index (χ4v) is 2.40. The molecule has 0 spiro atoms. The SMILES string of the molecule is CCC(C)c1ccc(NC(N)=NCCN(CC)C(C)C)cc1.I. The fourth-order valence-electron chi connectivity index (χ4n) is 2.40. The highest BCUT2D eigenvalue weighted by atomic mass is 127. The number of nitrogens with one attached hydrogen (secondary N) is 1. The van der Waals surface area contributed by atoms with E-state index in [-0.39, 0.29) is 24.0 Å². The average Bonchev–Trinajstić information content (AvgIpc) is 2.51. The molecule has 0 amide bonds. The van der Waals surface area contributed by atoms with Gasteiger partial charge in [-0.15, -0.1) is 24.0 Å². The zero-order chi connectivity index (χ0) is 16.5. The number of hydrogen-bond acceptors (Lipinski definition) is 2. The molecule has 1 rings (SSSR count). The third kappa shape index (κ3) is 8.01. The van der Waals surface area contributed by atoms with E-state index in [0.717, 1.165) is 31.7 Å². The number of nitrogens with two attached hydrogens (primary N) is 1. The van der Waals surface area contributed by atoms with Crippen molar-refractivity contribution in [3.63, 3.8) is 0 Å². The van der Waals surface area contributed by atoms with Gasteiger partial charge in [0.05, 0.1) is 6.54 Å². The molecule has 5 heteroatoms. The number of nitrogens with zero attached hydrogens (tertiary/aromatic N) is 2. The molecule has 23 heavy (non-hydrogen) atoms. The van der Waals surface area contributed by atoms with Crippen LogP contribution < -0.4 is 11.1 Å². The second-order valence-corrected chi connectivity index (χ2v) is 6.05. The van der Waals surface area contributed by atoms with Gasteiger partial charge in [0, 0.05) is 18.3 Å². The maximum atomic E-state index is 5.95. The lowest BCUT2D eigenvalue weighted by Gasteiger charge is -2.23. The van der Waals surface area contributed by atoms with Gasteiger partial charge in [-0.1, -0.05) is 32.9 Å². The van der Waals surface area contributed by atoms with Crippen LogP contribution in [0.15, 0.2) is 29.3 Å². The predicted octanol–water partition coefficient (Wildman–Crippen LogP) is 4.28. The Morgan fingerprint density at radius 1 is 1.17 bits per heavy atom. The summed E-state index contributed by atoms with van der Waals surface area (Å²) in [6.07, 6.45) is 1.15. The Kier molecular flexibility index (Phi) is 11.3. The molecule has 1 unspecified atom stereocenters.